The molecule has 3 aromatic carbocycles. The second kappa shape index (κ2) is 10.7. The third-order valence-electron chi connectivity index (χ3n) is 9.61. The van der Waals surface area contributed by atoms with Crippen molar-refractivity contribution in [3.63, 3.8) is 0 Å². The quantitative estimate of drug-likeness (QED) is 0.241. The van der Waals surface area contributed by atoms with E-state index in [-0.39, 0.29) is 29.4 Å². The summed E-state index contributed by atoms with van der Waals surface area (Å²) in [5.74, 6) is -2.54. The molecule has 3 aliphatic rings. The summed E-state index contributed by atoms with van der Waals surface area (Å²) in [7, 11) is 2.94. The van der Waals surface area contributed by atoms with E-state index in [9.17, 15) is 19.5 Å². The normalized spacial score (nSPS) is 23.5. The van der Waals surface area contributed by atoms with Crippen LogP contribution in [0.2, 0.25) is 10.0 Å². The van der Waals surface area contributed by atoms with E-state index in [2.05, 4.69) is 5.43 Å². The molecule has 1 aliphatic carbocycles. The third kappa shape index (κ3) is 4.04. The Bertz CT molecular complexity index is 2100. The topological polar surface area (TPSA) is 128 Å². The minimum atomic E-state index is -1.58. The molecule has 3 heterocycles. The van der Waals surface area contributed by atoms with Crippen molar-refractivity contribution in [2.24, 2.45) is 13.0 Å². The molecule has 0 radical (unpaired) electrons. The Morgan fingerprint density at radius 2 is 1.74 bits per heavy atom. The fourth-order valence-corrected chi connectivity index (χ4v) is 7.92. The van der Waals surface area contributed by atoms with Crippen LogP contribution in [0.3, 0.4) is 0 Å². The molecule has 2 amide bonds. The molecule has 2 N–H and O–H groups in total. The van der Waals surface area contributed by atoms with Crippen molar-refractivity contribution in [1.82, 2.24) is 18.9 Å². The number of aromatic hydroxyl groups is 1. The highest BCUT2D eigenvalue weighted by atomic mass is 35.5. The molecule has 0 bridgehead atoms. The molecule has 46 heavy (non-hydrogen) atoms. The second-order valence-corrected chi connectivity index (χ2v) is 12.7. The lowest BCUT2D eigenvalue weighted by molar-refractivity contribution is -0.138. The number of hydrogen-bond donors (Lipinski definition) is 2. The van der Waals surface area contributed by atoms with Crippen molar-refractivity contribution >= 4 is 40.7 Å². The van der Waals surface area contributed by atoms with E-state index < -0.39 is 46.5 Å². The van der Waals surface area contributed by atoms with Crippen LogP contribution in [0, 0.1) is 12.8 Å². The number of hydrazine groups is 1. The van der Waals surface area contributed by atoms with Gasteiger partial charge in [-0.05, 0) is 60.4 Å². The Morgan fingerprint density at radius 3 is 2.43 bits per heavy atom. The van der Waals surface area contributed by atoms with Gasteiger partial charge in [0.15, 0.2) is 0 Å². The van der Waals surface area contributed by atoms with Gasteiger partial charge in [0.1, 0.15) is 11.5 Å². The first-order valence-electron chi connectivity index (χ1n) is 14.6. The number of halogens is 2. The minimum absolute atomic E-state index is 0.0292. The van der Waals surface area contributed by atoms with E-state index in [4.69, 9.17) is 27.9 Å². The molecule has 1 saturated heterocycles. The standard InChI is InChI=1S/C33H29Cl2N5O6/c1-17-5-4-6-22(28(17)41)27-21-13-14-38-31(44)37(2)32(45)40(38)26(21)16-23-29(42)39(36-25-12-9-19(34)15-24(25)35)30(43)33(23,27)18-7-10-20(46-3)11-8-18/h4-13,15,23,26-27,36,41H,14,16H2,1-3H3. The molecule has 4 unspecified atom stereocenters. The summed E-state index contributed by atoms with van der Waals surface area (Å²) < 4.78 is 9.15. The van der Waals surface area contributed by atoms with Gasteiger partial charge in [-0.3, -0.25) is 15.0 Å². The van der Waals surface area contributed by atoms with Crippen LogP contribution in [-0.4, -0.2) is 43.0 Å². The Morgan fingerprint density at radius 1 is 1.00 bits per heavy atom. The van der Waals surface area contributed by atoms with Crippen LogP contribution < -0.4 is 21.5 Å². The summed E-state index contributed by atoms with van der Waals surface area (Å²) in [6, 6.07) is 16.1. The molecule has 2 aliphatic heterocycles. The molecule has 0 spiro atoms. The van der Waals surface area contributed by atoms with E-state index in [0.717, 1.165) is 9.58 Å². The SMILES string of the molecule is COc1ccc(C23C(=O)N(Nc4ccc(Cl)cc4Cl)C(=O)C2CC2C(=CCn4c(=O)n(C)c(=O)n42)C3c2cccc(C)c2O)cc1. The number of aromatic nitrogens is 3. The lowest BCUT2D eigenvalue weighted by atomic mass is 9.53. The van der Waals surface area contributed by atoms with Crippen molar-refractivity contribution in [2.45, 2.75) is 37.3 Å². The van der Waals surface area contributed by atoms with Gasteiger partial charge in [-0.15, -0.1) is 0 Å². The van der Waals surface area contributed by atoms with Crippen LogP contribution in [0.25, 0.3) is 0 Å². The number of phenols is 1. The van der Waals surface area contributed by atoms with Crippen molar-refractivity contribution in [1.29, 1.82) is 0 Å². The summed E-state index contributed by atoms with van der Waals surface area (Å²) in [5.41, 5.74) is 2.79. The number of carbonyl (C=O) groups excluding carboxylic acids is 2. The largest absolute Gasteiger partial charge is 0.507 e. The molecular weight excluding hydrogens is 633 g/mol. The van der Waals surface area contributed by atoms with Crippen LogP contribution in [0.4, 0.5) is 5.69 Å². The van der Waals surface area contributed by atoms with E-state index >= 15 is 4.79 Å². The van der Waals surface area contributed by atoms with Crippen molar-refractivity contribution < 1.29 is 19.4 Å². The molecular formula is C33H29Cl2N5O6. The zero-order chi connectivity index (χ0) is 32.7. The van der Waals surface area contributed by atoms with Gasteiger partial charge < -0.3 is 9.84 Å². The van der Waals surface area contributed by atoms with Gasteiger partial charge in [0.2, 0.25) is 0 Å². The highest BCUT2D eigenvalue weighted by molar-refractivity contribution is 6.36. The molecule has 4 aromatic rings. The molecule has 4 atom stereocenters. The number of methoxy groups -OCH3 is 1. The summed E-state index contributed by atoms with van der Waals surface area (Å²) in [5, 5.41) is 13.1. The maximum Gasteiger partial charge on any atom is 0.347 e. The van der Waals surface area contributed by atoms with Gasteiger partial charge in [0.25, 0.3) is 11.8 Å². The summed E-state index contributed by atoms with van der Waals surface area (Å²) in [6.45, 7) is 1.82. The zero-order valence-electron chi connectivity index (χ0n) is 25.0. The third-order valence-corrected chi connectivity index (χ3v) is 10.2. The van der Waals surface area contributed by atoms with Crippen LogP contribution in [0.5, 0.6) is 11.5 Å². The molecule has 2 fully saturated rings. The molecule has 1 saturated carbocycles. The van der Waals surface area contributed by atoms with Gasteiger partial charge in [-0.25, -0.2) is 23.5 Å². The molecule has 13 heteroatoms. The van der Waals surface area contributed by atoms with E-state index in [1.54, 1.807) is 61.5 Å². The number of phenolic OH excluding ortho intramolecular Hbond substituents is 1. The van der Waals surface area contributed by atoms with Crippen LogP contribution in [0.15, 0.2) is 81.9 Å². The number of para-hydroxylation sites is 1. The monoisotopic (exact) mass is 661 g/mol. The number of aryl methyl sites for hydroxylation is 1. The van der Waals surface area contributed by atoms with E-state index in [1.165, 1.54) is 29.6 Å². The molecule has 7 rings (SSSR count). The molecule has 11 nitrogen and oxygen atoms in total. The second-order valence-electron chi connectivity index (χ2n) is 11.8. The Hall–Kier alpha value is -4.74. The number of carbonyl (C=O) groups is 2. The number of nitrogens with zero attached hydrogens (tertiary/aromatic N) is 4. The fraction of sp³-hybridized carbons (Fsp3) is 0.273. The summed E-state index contributed by atoms with van der Waals surface area (Å²) >= 11 is 12.6. The summed E-state index contributed by atoms with van der Waals surface area (Å²) in [4.78, 5) is 56.3. The highest BCUT2D eigenvalue weighted by Crippen LogP contribution is 2.63. The predicted molar refractivity (Wildman–Crippen MR) is 171 cm³/mol. The fourth-order valence-electron chi connectivity index (χ4n) is 7.47. The molecule has 1 aromatic heterocycles. The van der Waals surface area contributed by atoms with Gasteiger partial charge in [0.05, 0.1) is 41.7 Å². The Labute approximate surface area is 272 Å². The van der Waals surface area contributed by atoms with Gasteiger partial charge >= 0.3 is 11.4 Å². The number of ether oxygens (including phenoxy) is 1. The van der Waals surface area contributed by atoms with Crippen molar-refractivity contribution in [2.75, 3.05) is 12.5 Å². The van der Waals surface area contributed by atoms with Crippen molar-refractivity contribution in [3.05, 3.63) is 120 Å². The average molecular weight is 663 g/mol. The van der Waals surface area contributed by atoms with Gasteiger partial charge in [0, 0.05) is 23.6 Å². The first-order chi connectivity index (χ1) is 22.0. The average Bonchev–Trinajstić information content (AvgIpc) is 3.40. The maximum absolute atomic E-state index is 15.1. The number of anilines is 1. The Balaban J connectivity index is 1.52. The predicted octanol–water partition coefficient (Wildman–Crippen LogP) is 4.30. The lowest BCUT2D eigenvalue weighted by Gasteiger charge is -2.49. The molecule has 236 valence electrons. The number of rotatable bonds is 5. The highest BCUT2D eigenvalue weighted by Gasteiger charge is 2.69. The number of hydrogen-bond acceptors (Lipinski definition) is 7. The Kier molecular flexibility index (Phi) is 6.95. The van der Waals surface area contributed by atoms with E-state index in [0.29, 0.717) is 33.0 Å². The zero-order valence-corrected chi connectivity index (χ0v) is 26.5. The number of allylic oxidation sites excluding steroid dienone is 2. The summed E-state index contributed by atoms with van der Waals surface area (Å²) in [6.07, 6.45) is 1.87. The van der Waals surface area contributed by atoms with Crippen LogP contribution >= 0.6 is 23.2 Å². The number of benzene rings is 3. The van der Waals surface area contributed by atoms with Crippen LogP contribution in [0.1, 0.15) is 35.1 Å². The minimum Gasteiger partial charge on any atom is -0.507 e. The number of amides is 2. The number of nitrogens with one attached hydrogen (secondary N) is 1. The lowest BCUT2D eigenvalue weighted by Crippen LogP contribution is -2.53. The van der Waals surface area contributed by atoms with E-state index in [1.807, 2.05) is 6.08 Å². The first-order valence-corrected chi connectivity index (χ1v) is 15.4. The van der Waals surface area contributed by atoms with Crippen molar-refractivity contribution in [3.8, 4) is 11.5 Å². The first kappa shape index (κ1) is 29.9. The number of imide groups is 1. The maximum atomic E-state index is 15.1. The van der Waals surface area contributed by atoms with Gasteiger partial charge in [-0.1, -0.05) is 59.6 Å². The smallest absolute Gasteiger partial charge is 0.347 e. The van der Waals surface area contributed by atoms with Gasteiger partial charge in [-0.2, -0.15) is 5.01 Å². The number of fused-ring (bicyclic) bond motifs is 4. The van der Waals surface area contributed by atoms with Crippen LogP contribution in [-0.2, 0) is 28.6 Å².